The molecule has 5 rings (SSSR count). The first-order valence-electron chi connectivity index (χ1n) is 11.2. The summed E-state index contributed by atoms with van der Waals surface area (Å²) < 4.78 is 29.0. The molecule has 1 amide bonds. The van der Waals surface area contributed by atoms with Crippen molar-refractivity contribution in [1.82, 2.24) is 19.5 Å². The van der Waals surface area contributed by atoms with Crippen LogP contribution in [0.15, 0.2) is 103 Å². The number of amides is 1. The van der Waals surface area contributed by atoms with Gasteiger partial charge in [0.2, 0.25) is 0 Å². The summed E-state index contributed by atoms with van der Waals surface area (Å²) in [5, 5.41) is 4.12. The van der Waals surface area contributed by atoms with Crippen LogP contribution in [-0.2, 0) is 13.1 Å². The number of carbonyl (C=O) groups is 1. The highest BCUT2D eigenvalue weighted by Crippen LogP contribution is 2.27. The van der Waals surface area contributed by atoms with Crippen LogP contribution in [0.3, 0.4) is 0 Å². The van der Waals surface area contributed by atoms with Crippen molar-refractivity contribution in [3.8, 4) is 11.3 Å². The third-order valence-electron chi connectivity index (χ3n) is 5.74. The van der Waals surface area contributed by atoms with E-state index in [1.54, 1.807) is 17.0 Å². The van der Waals surface area contributed by atoms with Crippen molar-refractivity contribution in [2.75, 3.05) is 0 Å². The van der Waals surface area contributed by atoms with Crippen molar-refractivity contribution >= 4 is 11.6 Å². The Labute approximate surface area is 201 Å². The van der Waals surface area contributed by atoms with E-state index in [9.17, 15) is 13.6 Å². The van der Waals surface area contributed by atoms with E-state index in [0.29, 0.717) is 24.3 Å². The monoisotopic (exact) mass is 468 g/mol. The summed E-state index contributed by atoms with van der Waals surface area (Å²) in [6, 6.07) is 29.7. The molecule has 0 radical (unpaired) electrons. The highest BCUT2D eigenvalue weighted by molar-refractivity contribution is 6.00. The fourth-order valence-corrected chi connectivity index (χ4v) is 4.03. The van der Waals surface area contributed by atoms with Crippen LogP contribution >= 0.6 is 0 Å². The lowest BCUT2D eigenvalue weighted by molar-refractivity contribution is 0.0731. The van der Waals surface area contributed by atoms with Gasteiger partial charge in [0, 0.05) is 18.7 Å². The Hall–Kier alpha value is -4.39. The van der Waals surface area contributed by atoms with Gasteiger partial charge in [-0.1, -0.05) is 91.0 Å². The first kappa shape index (κ1) is 22.4. The number of rotatable bonds is 7. The van der Waals surface area contributed by atoms with Crippen molar-refractivity contribution in [3.63, 3.8) is 0 Å². The summed E-state index contributed by atoms with van der Waals surface area (Å²) in [6.07, 6.45) is -1.45. The van der Waals surface area contributed by atoms with Gasteiger partial charge in [0.25, 0.3) is 12.3 Å². The minimum Gasteiger partial charge on any atom is -0.330 e. The van der Waals surface area contributed by atoms with Crippen molar-refractivity contribution in [3.05, 3.63) is 126 Å². The number of fused-ring (bicyclic) bond motifs is 1. The molecule has 5 aromatic rings. The van der Waals surface area contributed by atoms with E-state index in [1.165, 1.54) is 12.3 Å². The van der Waals surface area contributed by atoms with Gasteiger partial charge in [-0.15, -0.1) is 0 Å². The van der Waals surface area contributed by atoms with E-state index in [0.717, 1.165) is 15.6 Å². The maximum atomic E-state index is 14.0. The molecule has 0 saturated carbocycles. The molecule has 0 N–H and O–H groups in total. The molecule has 0 saturated heterocycles. The van der Waals surface area contributed by atoms with Crippen molar-refractivity contribution < 1.29 is 13.6 Å². The molecule has 0 spiro atoms. The van der Waals surface area contributed by atoms with Crippen LogP contribution in [0.25, 0.3) is 16.9 Å². The van der Waals surface area contributed by atoms with Gasteiger partial charge in [0.15, 0.2) is 5.65 Å². The fraction of sp³-hybridized carbons (Fsp3) is 0.107. The van der Waals surface area contributed by atoms with Gasteiger partial charge in [-0.2, -0.15) is 5.10 Å². The molecule has 0 atom stereocenters. The van der Waals surface area contributed by atoms with E-state index in [4.69, 9.17) is 0 Å². The molecule has 2 heterocycles. The fourth-order valence-electron chi connectivity index (χ4n) is 4.03. The standard InChI is InChI=1S/C28H22F2N4O/c29-26(30)25-16-24(22-14-8-3-9-15-22)32-27-23(17-31-34(25)27)28(35)33(18-20-10-4-1-5-11-20)19-21-12-6-2-7-13-21/h1-17,26H,18-19H2. The number of nitrogens with zero attached hydrogens (tertiary/aromatic N) is 4. The van der Waals surface area contributed by atoms with E-state index in [1.807, 2.05) is 78.9 Å². The summed E-state index contributed by atoms with van der Waals surface area (Å²) in [6.45, 7) is 0.706. The van der Waals surface area contributed by atoms with Gasteiger partial charge in [0.05, 0.1) is 11.9 Å². The molecule has 0 aliphatic heterocycles. The molecule has 5 nitrogen and oxygen atoms in total. The molecular formula is C28H22F2N4O. The molecule has 0 fully saturated rings. The van der Waals surface area contributed by atoms with E-state index < -0.39 is 6.43 Å². The maximum Gasteiger partial charge on any atom is 0.280 e. The van der Waals surface area contributed by atoms with Gasteiger partial charge < -0.3 is 4.90 Å². The number of carbonyl (C=O) groups excluding carboxylic acids is 1. The summed E-state index contributed by atoms with van der Waals surface area (Å²) in [5.41, 5.74) is 2.93. The van der Waals surface area contributed by atoms with Crippen LogP contribution in [0.5, 0.6) is 0 Å². The lowest BCUT2D eigenvalue weighted by Crippen LogP contribution is -2.30. The Morgan fingerprint density at radius 2 is 1.37 bits per heavy atom. The van der Waals surface area contributed by atoms with Crippen LogP contribution in [0, 0.1) is 0 Å². The average Bonchev–Trinajstić information content (AvgIpc) is 3.33. The van der Waals surface area contributed by atoms with Crippen molar-refractivity contribution in [2.45, 2.75) is 19.5 Å². The molecule has 7 heteroatoms. The van der Waals surface area contributed by atoms with E-state index in [-0.39, 0.29) is 22.8 Å². The Kier molecular flexibility index (Phi) is 6.30. The molecule has 174 valence electrons. The van der Waals surface area contributed by atoms with Crippen LogP contribution in [-0.4, -0.2) is 25.4 Å². The molecule has 0 aliphatic rings. The topological polar surface area (TPSA) is 50.5 Å². The smallest absolute Gasteiger partial charge is 0.280 e. The summed E-state index contributed by atoms with van der Waals surface area (Å²) in [5.74, 6) is -0.328. The zero-order chi connectivity index (χ0) is 24.2. The van der Waals surface area contributed by atoms with E-state index in [2.05, 4.69) is 10.1 Å². The number of hydrogen-bond donors (Lipinski definition) is 0. The van der Waals surface area contributed by atoms with Crippen LogP contribution in [0.2, 0.25) is 0 Å². The first-order valence-corrected chi connectivity index (χ1v) is 11.2. The number of halogens is 2. The highest BCUT2D eigenvalue weighted by Gasteiger charge is 2.25. The van der Waals surface area contributed by atoms with Crippen LogP contribution < -0.4 is 0 Å². The SMILES string of the molecule is O=C(c1cnn2c(C(F)F)cc(-c3ccccc3)nc12)N(Cc1ccccc1)Cc1ccccc1. The van der Waals surface area contributed by atoms with Gasteiger partial charge in [-0.05, 0) is 17.2 Å². The second kappa shape index (κ2) is 9.85. The number of hydrogen-bond acceptors (Lipinski definition) is 3. The summed E-state index contributed by atoms with van der Waals surface area (Å²) >= 11 is 0. The summed E-state index contributed by atoms with van der Waals surface area (Å²) in [4.78, 5) is 20.1. The zero-order valence-corrected chi connectivity index (χ0v) is 18.8. The number of aromatic nitrogens is 3. The molecule has 2 aromatic heterocycles. The lowest BCUT2D eigenvalue weighted by Gasteiger charge is -2.23. The van der Waals surface area contributed by atoms with Crippen LogP contribution in [0.1, 0.15) is 33.6 Å². The molecule has 3 aromatic carbocycles. The Morgan fingerprint density at radius 1 is 0.829 bits per heavy atom. The summed E-state index contributed by atoms with van der Waals surface area (Å²) in [7, 11) is 0. The minimum absolute atomic E-state index is 0.109. The molecular weight excluding hydrogens is 446 g/mol. The second-order valence-electron chi connectivity index (χ2n) is 8.16. The Bertz CT molecular complexity index is 1400. The third-order valence-corrected chi connectivity index (χ3v) is 5.74. The van der Waals surface area contributed by atoms with E-state index >= 15 is 0 Å². The third kappa shape index (κ3) is 4.80. The van der Waals surface area contributed by atoms with Gasteiger partial charge in [-0.3, -0.25) is 4.79 Å². The lowest BCUT2D eigenvalue weighted by atomic mass is 10.1. The predicted molar refractivity (Wildman–Crippen MR) is 130 cm³/mol. The van der Waals surface area contributed by atoms with Gasteiger partial charge in [0.1, 0.15) is 11.3 Å². The molecule has 35 heavy (non-hydrogen) atoms. The molecule has 0 aliphatic carbocycles. The Balaban J connectivity index is 1.59. The first-order chi connectivity index (χ1) is 17.1. The average molecular weight is 469 g/mol. The van der Waals surface area contributed by atoms with Crippen LogP contribution in [0.4, 0.5) is 8.78 Å². The number of alkyl halides is 2. The number of benzene rings is 3. The molecule has 0 unspecified atom stereocenters. The van der Waals surface area contributed by atoms with Crippen molar-refractivity contribution in [2.24, 2.45) is 0 Å². The largest absolute Gasteiger partial charge is 0.330 e. The molecule has 0 bridgehead atoms. The minimum atomic E-state index is -2.78. The predicted octanol–water partition coefficient (Wildman–Crippen LogP) is 6.18. The zero-order valence-electron chi connectivity index (χ0n) is 18.8. The second-order valence-corrected chi connectivity index (χ2v) is 8.16. The van der Waals surface area contributed by atoms with Crippen molar-refractivity contribution in [1.29, 1.82) is 0 Å². The van der Waals surface area contributed by atoms with Gasteiger partial charge >= 0.3 is 0 Å². The Morgan fingerprint density at radius 3 is 1.91 bits per heavy atom. The highest BCUT2D eigenvalue weighted by atomic mass is 19.3. The normalized spacial score (nSPS) is 11.2. The maximum absolute atomic E-state index is 14.0. The van der Waals surface area contributed by atoms with Gasteiger partial charge in [-0.25, -0.2) is 18.3 Å². The quantitative estimate of drug-likeness (QED) is 0.287.